The van der Waals surface area contributed by atoms with E-state index >= 15 is 0 Å². The Morgan fingerprint density at radius 3 is 2.33 bits per heavy atom. The van der Waals surface area contributed by atoms with Crippen LogP contribution in [0.1, 0.15) is 12.0 Å². The molecule has 2 rings (SSSR count). The van der Waals surface area contributed by atoms with Gasteiger partial charge in [-0.05, 0) is 17.6 Å². The van der Waals surface area contributed by atoms with Crippen molar-refractivity contribution in [2.24, 2.45) is 0 Å². The average Bonchev–Trinajstić information content (AvgIpc) is 2.58. The SMILES string of the molecule is C1=CCC(c2ccccc2)=C1.[Cr]. The Balaban J connectivity index is 0.000000720. The summed E-state index contributed by atoms with van der Waals surface area (Å²) in [4.78, 5) is 0. The minimum absolute atomic E-state index is 0. The smallest absolute Gasteiger partial charge is 0 e. The number of hydrogen-bond acceptors (Lipinski definition) is 0. The maximum absolute atomic E-state index is 2.18. The molecule has 12 heavy (non-hydrogen) atoms. The van der Waals surface area contributed by atoms with E-state index in [1.165, 1.54) is 11.1 Å². The van der Waals surface area contributed by atoms with E-state index in [4.69, 9.17) is 0 Å². The second kappa shape index (κ2) is 4.31. The molecule has 0 N–H and O–H groups in total. The molecule has 0 radical (unpaired) electrons. The molecule has 0 saturated heterocycles. The first-order valence-corrected chi connectivity index (χ1v) is 3.88. The summed E-state index contributed by atoms with van der Waals surface area (Å²) in [5, 5.41) is 0. The van der Waals surface area contributed by atoms with Gasteiger partial charge in [0.05, 0.1) is 0 Å². The molecule has 60 valence electrons. The van der Waals surface area contributed by atoms with Gasteiger partial charge in [0.2, 0.25) is 0 Å². The van der Waals surface area contributed by atoms with Crippen molar-refractivity contribution < 1.29 is 17.4 Å². The van der Waals surface area contributed by atoms with Gasteiger partial charge in [0.1, 0.15) is 0 Å². The van der Waals surface area contributed by atoms with Crippen LogP contribution in [0.2, 0.25) is 0 Å². The maximum Gasteiger partial charge on any atom is 0 e. The van der Waals surface area contributed by atoms with Crippen molar-refractivity contribution in [1.82, 2.24) is 0 Å². The molecule has 1 aliphatic rings. The molecule has 1 aromatic rings. The van der Waals surface area contributed by atoms with E-state index in [-0.39, 0.29) is 17.4 Å². The van der Waals surface area contributed by atoms with Gasteiger partial charge in [-0.25, -0.2) is 0 Å². The van der Waals surface area contributed by atoms with Crippen LogP contribution >= 0.6 is 0 Å². The van der Waals surface area contributed by atoms with Crippen LogP contribution in [0.25, 0.3) is 5.57 Å². The molecule has 0 heterocycles. The number of benzene rings is 1. The first-order valence-electron chi connectivity index (χ1n) is 3.88. The van der Waals surface area contributed by atoms with E-state index in [0.717, 1.165) is 6.42 Å². The molecule has 0 aromatic heterocycles. The van der Waals surface area contributed by atoms with Crippen LogP contribution < -0.4 is 0 Å². The van der Waals surface area contributed by atoms with Crippen LogP contribution in [-0.2, 0) is 17.4 Å². The van der Waals surface area contributed by atoms with Crippen molar-refractivity contribution in [2.45, 2.75) is 6.42 Å². The van der Waals surface area contributed by atoms with Crippen molar-refractivity contribution in [1.29, 1.82) is 0 Å². The van der Waals surface area contributed by atoms with Crippen molar-refractivity contribution in [3.05, 3.63) is 54.1 Å². The van der Waals surface area contributed by atoms with Gasteiger partial charge in [-0.1, -0.05) is 48.6 Å². The summed E-state index contributed by atoms with van der Waals surface area (Å²) in [7, 11) is 0. The number of allylic oxidation sites excluding steroid dienone is 4. The van der Waals surface area contributed by atoms with Crippen molar-refractivity contribution >= 4 is 5.57 Å². The molecular weight excluding hydrogens is 184 g/mol. The first-order chi connectivity index (χ1) is 5.47. The molecule has 0 saturated carbocycles. The van der Waals surface area contributed by atoms with Crippen LogP contribution in [0.4, 0.5) is 0 Å². The second-order valence-corrected chi connectivity index (χ2v) is 2.69. The average molecular weight is 194 g/mol. The zero-order valence-electron chi connectivity index (χ0n) is 6.73. The predicted molar refractivity (Wildman–Crippen MR) is 48.2 cm³/mol. The van der Waals surface area contributed by atoms with Gasteiger partial charge in [0, 0.05) is 17.4 Å². The molecule has 0 fully saturated rings. The number of hydrogen-bond donors (Lipinski definition) is 0. The van der Waals surface area contributed by atoms with Gasteiger partial charge in [-0.3, -0.25) is 0 Å². The van der Waals surface area contributed by atoms with E-state index in [0.29, 0.717) is 0 Å². The summed E-state index contributed by atoms with van der Waals surface area (Å²) in [5.41, 5.74) is 2.77. The summed E-state index contributed by atoms with van der Waals surface area (Å²) in [6.07, 6.45) is 7.56. The molecule has 1 aliphatic carbocycles. The van der Waals surface area contributed by atoms with Gasteiger partial charge < -0.3 is 0 Å². The minimum atomic E-state index is 0. The van der Waals surface area contributed by atoms with Crippen LogP contribution in [0.15, 0.2) is 48.6 Å². The third-order valence-corrected chi connectivity index (χ3v) is 1.92. The minimum Gasteiger partial charge on any atom is -0.0801 e. The van der Waals surface area contributed by atoms with Crippen LogP contribution in [0.5, 0.6) is 0 Å². The Labute approximate surface area is 83.7 Å². The third-order valence-electron chi connectivity index (χ3n) is 1.92. The molecule has 1 aromatic carbocycles. The fraction of sp³-hybridized carbons (Fsp3) is 0.0909. The molecule has 1 heteroatoms. The summed E-state index contributed by atoms with van der Waals surface area (Å²) < 4.78 is 0. The zero-order chi connectivity index (χ0) is 7.52. The topological polar surface area (TPSA) is 0 Å². The summed E-state index contributed by atoms with van der Waals surface area (Å²) in [5.74, 6) is 0. The fourth-order valence-corrected chi connectivity index (χ4v) is 1.31. The molecule has 0 nitrogen and oxygen atoms in total. The Kier molecular flexibility index (Phi) is 3.34. The molecule has 0 amide bonds. The molecular formula is C11H10Cr. The molecule has 0 unspecified atom stereocenters. The third kappa shape index (κ3) is 1.88. The Morgan fingerprint density at radius 2 is 1.75 bits per heavy atom. The summed E-state index contributed by atoms with van der Waals surface area (Å²) in [6, 6.07) is 10.5. The Morgan fingerprint density at radius 1 is 1.00 bits per heavy atom. The van der Waals surface area contributed by atoms with Crippen molar-refractivity contribution in [3.63, 3.8) is 0 Å². The van der Waals surface area contributed by atoms with Gasteiger partial charge >= 0.3 is 0 Å². The van der Waals surface area contributed by atoms with Crippen molar-refractivity contribution in [3.8, 4) is 0 Å². The molecule has 0 bridgehead atoms. The number of rotatable bonds is 1. The van der Waals surface area contributed by atoms with Crippen LogP contribution in [-0.4, -0.2) is 0 Å². The van der Waals surface area contributed by atoms with Gasteiger partial charge in [-0.15, -0.1) is 0 Å². The van der Waals surface area contributed by atoms with Crippen LogP contribution in [0, 0.1) is 0 Å². The Hall–Kier alpha value is -0.768. The standard InChI is InChI=1S/C11H10.Cr/c1-2-6-10(7-3-1)11-8-4-5-9-11;/h1-8H,9H2;. The van der Waals surface area contributed by atoms with Gasteiger partial charge in [0.25, 0.3) is 0 Å². The van der Waals surface area contributed by atoms with E-state index in [1.807, 2.05) is 6.07 Å². The second-order valence-electron chi connectivity index (χ2n) is 2.69. The first kappa shape index (κ1) is 9.32. The normalized spacial score (nSPS) is 13.8. The predicted octanol–water partition coefficient (Wildman–Crippen LogP) is 3.03. The molecule has 0 spiro atoms. The monoisotopic (exact) mass is 194 g/mol. The summed E-state index contributed by atoms with van der Waals surface area (Å²) in [6.45, 7) is 0. The largest absolute Gasteiger partial charge is 0.0801 e. The van der Waals surface area contributed by atoms with E-state index < -0.39 is 0 Å². The van der Waals surface area contributed by atoms with E-state index in [2.05, 4.69) is 42.5 Å². The zero-order valence-corrected chi connectivity index (χ0v) is 8.01. The maximum atomic E-state index is 2.18. The van der Waals surface area contributed by atoms with E-state index in [1.54, 1.807) is 0 Å². The van der Waals surface area contributed by atoms with Crippen LogP contribution in [0.3, 0.4) is 0 Å². The quantitative estimate of drug-likeness (QED) is 0.644. The van der Waals surface area contributed by atoms with E-state index in [9.17, 15) is 0 Å². The molecule has 0 atom stereocenters. The summed E-state index contributed by atoms with van der Waals surface area (Å²) >= 11 is 0. The Bertz CT molecular complexity index is 296. The van der Waals surface area contributed by atoms with Gasteiger partial charge in [-0.2, -0.15) is 0 Å². The van der Waals surface area contributed by atoms with Crippen molar-refractivity contribution in [2.75, 3.05) is 0 Å². The van der Waals surface area contributed by atoms with Gasteiger partial charge in [0.15, 0.2) is 0 Å². The fourth-order valence-electron chi connectivity index (χ4n) is 1.31. The molecule has 0 aliphatic heterocycles.